The van der Waals surface area contributed by atoms with Gasteiger partial charge in [0.25, 0.3) is 0 Å². The predicted molar refractivity (Wildman–Crippen MR) is 74.7 cm³/mol. The molecule has 0 saturated carbocycles. The molecule has 0 saturated heterocycles. The zero-order chi connectivity index (χ0) is 13.8. The number of hydrogen-bond donors (Lipinski definition) is 1. The van der Waals surface area contributed by atoms with Gasteiger partial charge in [0.1, 0.15) is 11.9 Å². The van der Waals surface area contributed by atoms with E-state index in [1.54, 1.807) is 6.20 Å². The lowest BCUT2D eigenvalue weighted by Gasteiger charge is -2.18. The molecule has 2 rings (SSSR count). The van der Waals surface area contributed by atoms with Gasteiger partial charge in [-0.2, -0.15) is 0 Å². The Morgan fingerprint density at radius 1 is 1.42 bits per heavy atom. The highest BCUT2D eigenvalue weighted by Gasteiger charge is 2.20. The van der Waals surface area contributed by atoms with E-state index in [-0.39, 0.29) is 6.04 Å². The lowest BCUT2D eigenvalue weighted by atomic mass is 10.1. The number of hydrogen-bond acceptors (Lipinski definition) is 3. The van der Waals surface area contributed by atoms with Gasteiger partial charge in [-0.1, -0.05) is 28.1 Å². The molecule has 0 spiro atoms. The average molecular weight is 324 g/mol. The molecular formula is C13H14BrN3O2. The summed E-state index contributed by atoms with van der Waals surface area (Å²) in [6, 6.07) is 7.35. The van der Waals surface area contributed by atoms with Crippen LogP contribution < -0.4 is 5.32 Å². The number of methoxy groups -OCH3 is 1. The number of alkyl carbamates (subject to hydrolysis) is 1. The van der Waals surface area contributed by atoms with Gasteiger partial charge in [-0.05, 0) is 17.7 Å². The summed E-state index contributed by atoms with van der Waals surface area (Å²) in [6.45, 7) is 0. The molecule has 0 aliphatic heterocycles. The first-order chi connectivity index (χ1) is 9.11. The molecule has 100 valence electrons. The van der Waals surface area contributed by atoms with Gasteiger partial charge in [-0.3, -0.25) is 0 Å². The molecule has 5 nitrogen and oxygen atoms in total. The lowest BCUT2D eigenvalue weighted by molar-refractivity contribution is 0.168. The minimum atomic E-state index is -0.490. The van der Waals surface area contributed by atoms with Crippen LogP contribution in [-0.4, -0.2) is 22.8 Å². The van der Waals surface area contributed by atoms with E-state index in [1.807, 2.05) is 42.1 Å². The first-order valence-corrected chi connectivity index (χ1v) is 6.48. The number of ether oxygens (including phenoxy) is 1. The van der Waals surface area contributed by atoms with Crippen molar-refractivity contribution in [2.24, 2.45) is 7.05 Å². The largest absolute Gasteiger partial charge is 0.453 e. The van der Waals surface area contributed by atoms with E-state index in [2.05, 4.69) is 31.0 Å². The van der Waals surface area contributed by atoms with Crippen molar-refractivity contribution in [1.29, 1.82) is 0 Å². The summed E-state index contributed by atoms with van der Waals surface area (Å²) >= 11 is 3.39. The highest BCUT2D eigenvalue weighted by Crippen LogP contribution is 2.22. The number of nitrogens with zero attached hydrogens (tertiary/aromatic N) is 2. The summed E-state index contributed by atoms with van der Waals surface area (Å²) in [7, 11) is 3.22. The quantitative estimate of drug-likeness (QED) is 0.944. The van der Waals surface area contributed by atoms with Crippen molar-refractivity contribution in [2.45, 2.75) is 6.04 Å². The van der Waals surface area contributed by atoms with Crippen LogP contribution in [0.25, 0.3) is 0 Å². The summed E-state index contributed by atoms with van der Waals surface area (Å²) in [4.78, 5) is 15.8. The number of amides is 1. The lowest BCUT2D eigenvalue weighted by Crippen LogP contribution is -2.30. The monoisotopic (exact) mass is 323 g/mol. The van der Waals surface area contributed by atoms with Crippen LogP contribution in [-0.2, 0) is 11.8 Å². The molecule has 1 N–H and O–H groups in total. The minimum Gasteiger partial charge on any atom is -0.453 e. The van der Waals surface area contributed by atoms with Gasteiger partial charge in [0.2, 0.25) is 0 Å². The second-order valence-corrected chi connectivity index (χ2v) is 4.93. The zero-order valence-electron chi connectivity index (χ0n) is 10.6. The van der Waals surface area contributed by atoms with Crippen molar-refractivity contribution in [2.75, 3.05) is 7.11 Å². The third kappa shape index (κ3) is 3.14. The van der Waals surface area contributed by atoms with Crippen LogP contribution >= 0.6 is 15.9 Å². The molecule has 0 bridgehead atoms. The molecule has 6 heteroatoms. The predicted octanol–water partition coefficient (Wildman–Crippen LogP) is 2.63. The molecule has 1 atom stereocenters. The molecule has 0 fully saturated rings. The number of imidazole rings is 1. The number of halogens is 1. The zero-order valence-corrected chi connectivity index (χ0v) is 12.2. The SMILES string of the molecule is COC(=O)NC(c1ccc(Br)cc1)c1nccn1C. The van der Waals surface area contributed by atoms with E-state index >= 15 is 0 Å². The topological polar surface area (TPSA) is 56.1 Å². The highest BCUT2D eigenvalue weighted by atomic mass is 79.9. The molecule has 1 heterocycles. The number of aromatic nitrogens is 2. The number of rotatable bonds is 3. The molecule has 0 aliphatic carbocycles. The van der Waals surface area contributed by atoms with Gasteiger partial charge in [0, 0.05) is 23.9 Å². The van der Waals surface area contributed by atoms with E-state index in [1.165, 1.54) is 7.11 Å². The summed E-state index contributed by atoms with van der Waals surface area (Å²) in [6.07, 6.45) is 3.04. The highest BCUT2D eigenvalue weighted by molar-refractivity contribution is 9.10. The average Bonchev–Trinajstić information content (AvgIpc) is 2.83. The molecule has 2 aromatic rings. The Bertz CT molecular complexity index is 566. The Hall–Kier alpha value is -1.82. The minimum absolute atomic E-state index is 0.347. The van der Waals surface area contributed by atoms with Gasteiger partial charge < -0.3 is 14.6 Å². The van der Waals surface area contributed by atoms with E-state index < -0.39 is 6.09 Å². The van der Waals surface area contributed by atoms with Crippen LogP contribution in [0.15, 0.2) is 41.1 Å². The Labute approximate surface area is 119 Å². The maximum atomic E-state index is 11.5. The van der Waals surface area contributed by atoms with Crippen LogP contribution in [0.4, 0.5) is 4.79 Å². The normalized spacial score (nSPS) is 11.9. The molecule has 1 amide bonds. The van der Waals surface area contributed by atoms with Crippen LogP contribution in [0.3, 0.4) is 0 Å². The standard InChI is InChI=1S/C13H14BrN3O2/c1-17-8-7-15-12(17)11(16-13(18)19-2)9-3-5-10(14)6-4-9/h3-8,11H,1-2H3,(H,16,18). The maximum absolute atomic E-state index is 11.5. The van der Waals surface area contributed by atoms with Crippen LogP contribution in [0, 0.1) is 0 Å². The Kier molecular flexibility index (Phi) is 4.21. The molecule has 1 aromatic carbocycles. The van der Waals surface area contributed by atoms with Crippen LogP contribution in [0.1, 0.15) is 17.4 Å². The Morgan fingerprint density at radius 3 is 2.63 bits per heavy atom. The van der Waals surface area contributed by atoms with Crippen molar-refractivity contribution in [3.63, 3.8) is 0 Å². The molecule has 19 heavy (non-hydrogen) atoms. The summed E-state index contributed by atoms with van der Waals surface area (Å²) in [5, 5.41) is 2.79. The number of carbonyl (C=O) groups is 1. The van der Waals surface area contributed by atoms with Gasteiger partial charge in [-0.15, -0.1) is 0 Å². The second kappa shape index (κ2) is 5.88. The second-order valence-electron chi connectivity index (χ2n) is 4.02. The fourth-order valence-corrected chi connectivity index (χ4v) is 2.05. The number of nitrogens with one attached hydrogen (secondary N) is 1. The summed E-state index contributed by atoms with van der Waals surface area (Å²) in [5.41, 5.74) is 0.933. The first-order valence-electron chi connectivity index (χ1n) is 5.69. The van der Waals surface area contributed by atoms with Crippen molar-refractivity contribution in [3.05, 3.63) is 52.5 Å². The maximum Gasteiger partial charge on any atom is 0.407 e. The van der Waals surface area contributed by atoms with Gasteiger partial charge >= 0.3 is 6.09 Å². The fourth-order valence-electron chi connectivity index (χ4n) is 1.78. The van der Waals surface area contributed by atoms with E-state index in [4.69, 9.17) is 0 Å². The number of aryl methyl sites for hydroxylation is 1. The van der Waals surface area contributed by atoms with Crippen LogP contribution in [0.2, 0.25) is 0 Å². The van der Waals surface area contributed by atoms with Gasteiger partial charge in [0.05, 0.1) is 7.11 Å². The number of carbonyl (C=O) groups excluding carboxylic acids is 1. The summed E-state index contributed by atoms with van der Waals surface area (Å²) in [5.74, 6) is 0.743. The Balaban J connectivity index is 2.37. The Morgan fingerprint density at radius 2 is 2.11 bits per heavy atom. The van der Waals surface area contributed by atoms with Crippen molar-refractivity contribution in [1.82, 2.24) is 14.9 Å². The van der Waals surface area contributed by atoms with Gasteiger partial charge in [-0.25, -0.2) is 9.78 Å². The smallest absolute Gasteiger partial charge is 0.407 e. The van der Waals surface area contributed by atoms with Crippen LogP contribution in [0.5, 0.6) is 0 Å². The van der Waals surface area contributed by atoms with Crippen molar-refractivity contribution < 1.29 is 9.53 Å². The molecule has 1 unspecified atom stereocenters. The first kappa shape index (κ1) is 13.6. The van der Waals surface area contributed by atoms with Gasteiger partial charge in [0.15, 0.2) is 0 Å². The molecule has 1 aromatic heterocycles. The van der Waals surface area contributed by atoms with E-state index in [0.717, 1.165) is 15.9 Å². The summed E-state index contributed by atoms with van der Waals surface area (Å²) < 4.78 is 7.51. The molecule has 0 aliphatic rings. The fraction of sp³-hybridized carbons (Fsp3) is 0.231. The van der Waals surface area contributed by atoms with E-state index in [0.29, 0.717) is 0 Å². The third-order valence-corrected chi connectivity index (χ3v) is 3.30. The van der Waals surface area contributed by atoms with Crippen molar-refractivity contribution in [3.8, 4) is 0 Å². The van der Waals surface area contributed by atoms with E-state index in [9.17, 15) is 4.79 Å². The molecule has 0 radical (unpaired) electrons. The van der Waals surface area contributed by atoms with Crippen molar-refractivity contribution >= 4 is 22.0 Å². The third-order valence-electron chi connectivity index (χ3n) is 2.77. The molecular weight excluding hydrogens is 310 g/mol. The number of benzene rings is 1.